The van der Waals surface area contributed by atoms with E-state index in [0.29, 0.717) is 5.56 Å². The number of imide groups is 1. The highest BCUT2D eigenvalue weighted by Crippen LogP contribution is 2.58. The molecule has 1 aliphatic carbocycles. The summed E-state index contributed by atoms with van der Waals surface area (Å²) in [7, 11) is 0. The van der Waals surface area contributed by atoms with E-state index in [1.165, 1.54) is 0 Å². The Hall–Kier alpha value is -3.13. The number of hydrogen-bond donors (Lipinski definition) is 0. The first kappa shape index (κ1) is 21.4. The zero-order chi connectivity index (χ0) is 23.8. The van der Waals surface area contributed by atoms with E-state index >= 15 is 0 Å². The van der Waals surface area contributed by atoms with E-state index < -0.39 is 46.9 Å². The van der Waals surface area contributed by atoms with Crippen LogP contribution in [0.2, 0.25) is 5.02 Å². The lowest BCUT2D eigenvalue weighted by molar-refractivity contribution is -0.127. The van der Waals surface area contributed by atoms with E-state index in [4.69, 9.17) is 16.3 Å². The Kier molecular flexibility index (Phi) is 4.68. The van der Waals surface area contributed by atoms with Crippen molar-refractivity contribution < 1.29 is 23.9 Å². The molecule has 6 nitrogen and oxygen atoms in total. The van der Waals surface area contributed by atoms with Gasteiger partial charge in [0.05, 0.1) is 28.6 Å². The molecular weight excluding hydrogens is 522 g/mol. The Morgan fingerprint density at radius 3 is 2.00 bits per heavy atom. The highest BCUT2D eigenvalue weighted by molar-refractivity contribution is 9.10. The third kappa shape index (κ3) is 2.66. The monoisotopic (exact) mass is 535 g/mol. The molecule has 8 heteroatoms. The number of ketones is 2. The summed E-state index contributed by atoms with van der Waals surface area (Å²) in [4.78, 5) is 56.0. The van der Waals surface area contributed by atoms with Crippen molar-refractivity contribution in [1.82, 2.24) is 0 Å². The molecular formula is C26H15BrClNO5. The Labute approximate surface area is 207 Å². The zero-order valence-corrected chi connectivity index (χ0v) is 19.7. The number of para-hydroxylation sites is 1. The Morgan fingerprint density at radius 1 is 0.794 bits per heavy atom. The highest BCUT2D eigenvalue weighted by atomic mass is 79.9. The molecule has 34 heavy (non-hydrogen) atoms. The van der Waals surface area contributed by atoms with Crippen LogP contribution in [0.1, 0.15) is 32.4 Å². The average molecular weight is 537 g/mol. The smallest absolute Gasteiger partial charge is 0.241 e. The molecule has 0 bridgehead atoms. The number of nitrogens with zero attached hydrogens (tertiary/aromatic N) is 1. The predicted molar refractivity (Wildman–Crippen MR) is 127 cm³/mol. The van der Waals surface area contributed by atoms with Crippen molar-refractivity contribution in [3.05, 3.63) is 99.0 Å². The van der Waals surface area contributed by atoms with Crippen LogP contribution in [-0.2, 0) is 14.3 Å². The number of amides is 2. The minimum atomic E-state index is -2.10. The van der Waals surface area contributed by atoms with Crippen molar-refractivity contribution in [3.8, 4) is 0 Å². The third-order valence-electron chi connectivity index (χ3n) is 6.81. The molecule has 3 aliphatic rings. The molecule has 3 atom stereocenters. The SMILES string of the molecule is O=C1[C@H]2[C@@H](c3ccc(Br)cc3)OC3(C(=O)c4ccccc4C3=O)[C@H]2C(=O)N1c1ccccc1Cl. The van der Waals surface area contributed by atoms with Crippen molar-refractivity contribution in [2.45, 2.75) is 11.7 Å². The van der Waals surface area contributed by atoms with Gasteiger partial charge in [-0.05, 0) is 29.8 Å². The number of ether oxygens (including phenoxy) is 1. The van der Waals surface area contributed by atoms with Crippen molar-refractivity contribution in [1.29, 1.82) is 0 Å². The van der Waals surface area contributed by atoms with Crippen LogP contribution >= 0.6 is 27.5 Å². The molecule has 2 fully saturated rings. The van der Waals surface area contributed by atoms with E-state index in [1.807, 2.05) is 0 Å². The van der Waals surface area contributed by atoms with Gasteiger partial charge in [0.2, 0.25) is 29.0 Å². The standard InChI is InChI=1S/C26H15BrClNO5/c27-14-11-9-13(10-12-14)21-19-20(25(33)29(24(19)32)18-8-4-3-7-17(18)28)26(34-21)22(30)15-5-1-2-6-16(15)23(26)31/h1-12,19-21H/t19-,20-,21-/m1/s1. The molecule has 2 saturated heterocycles. The van der Waals surface area contributed by atoms with Crippen LogP contribution in [0, 0.1) is 11.8 Å². The second-order valence-electron chi connectivity index (χ2n) is 8.50. The van der Waals surface area contributed by atoms with Gasteiger partial charge in [-0.1, -0.05) is 76.1 Å². The number of fused-ring (bicyclic) bond motifs is 3. The topological polar surface area (TPSA) is 80.8 Å². The number of rotatable bonds is 2. The molecule has 2 aliphatic heterocycles. The van der Waals surface area contributed by atoms with E-state index in [-0.39, 0.29) is 21.8 Å². The summed E-state index contributed by atoms with van der Waals surface area (Å²) in [6, 6.07) is 19.9. The summed E-state index contributed by atoms with van der Waals surface area (Å²) in [5.41, 5.74) is -0.907. The van der Waals surface area contributed by atoms with Crippen LogP contribution in [0.25, 0.3) is 0 Å². The van der Waals surface area contributed by atoms with E-state index in [0.717, 1.165) is 9.37 Å². The van der Waals surface area contributed by atoms with Crippen molar-refractivity contribution in [2.24, 2.45) is 11.8 Å². The second-order valence-corrected chi connectivity index (χ2v) is 9.82. The van der Waals surface area contributed by atoms with Gasteiger partial charge in [-0.2, -0.15) is 0 Å². The van der Waals surface area contributed by atoms with Crippen LogP contribution in [0.4, 0.5) is 5.69 Å². The molecule has 1 spiro atoms. The molecule has 2 heterocycles. The lowest BCUT2D eigenvalue weighted by Crippen LogP contribution is -2.51. The first-order chi connectivity index (χ1) is 16.4. The average Bonchev–Trinajstić information content (AvgIpc) is 3.40. The lowest BCUT2D eigenvalue weighted by Gasteiger charge is -2.27. The van der Waals surface area contributed by atoms with Crippen LogP contribution in [0.15, 0.2) is 77.3 Å². The quantitative estimate of drug-likeness (QED) is 0.347. The fourth-order valence-electron chi connectivity index (χ4n) is 5.34. The predicted octanol–water partition coefficient (Wildman–Crippen LogP) is 4.80. The number of hydrogen-bond acceptors (Lipinski definition) is 5. The van der Waals surface area contributed by atoms with Crippen molar-refractivity contribution in [2.75, 3.05) is 4.90 Å². The Bertz CT molecular complexity index is 1380. The largest absolute Gasteiger partial charge is 0.349 e. The van der Waals surface area contributed by atoms with E-state index in [9.17, 15) is 19.2 Å². The number of anilines is 1. The summed E-state index contributed by atoms with van der Waals surface area (Å²) >= 11 is 9.71. The van der Waals surface area contributed by atoms with Gasteiger partial charge in [0, 0.05) is 15.6 Å². The molecule has 168 valence electrons. The summed E-state index contributed by atoms with van der Waals surface area (Å²) in [5.74, 6) is -4.78. The Morgan fingerprint density at radius 2 is 1.38 bits per heavy atom. The summed E-state index contributed by atoms with van der Waals surface area (Å²) in [6.45, 7) is 0. The van der Waals surface area contributed by atoms with E-state index in [2.05, 4.69) is 15.9 Å². The van der Waals surface area contributed by atoms with Gasteiger partial charge in [0.25, 0.3) is 0 Å². The number of halogens is 2. The second kappa shape index (κ2) is 7.43. The molecule has 0 saturated carbocycles. The van der Waals surface area contributed by atoms with Crippen LogP contribution < -0.4 is 4.90 Å². The number of carbonyl (C=O) groups is 4. The van der Waals surface area contributed by atoms with Gasteiger partial charge in [0.15, 0.2) is 0 Å². The van der Waals surface area contributed by atoms with E-state index in [1.54, 1.807) is 72.8 Å². The molecule has 3 aromatic rings. The van der Waals surface area contributed by atoms with Crippen molar-refractivity contribution in [3.63, 3.8) is 0 Å². The number of Topliss-reactive ketones (excluding diaryl/α,β-unsaturated/α-hetero) is 2. The normalized spacial score (nSPS) is 24.8. The lowest BCUT2D eigenvalue weighted by atomic mass is 9.77. The van der Waals surface area contributed by atoms with Crippen molar-refractivity contribution >= 4 is 56.6 Å². The van der Waals surface area contributed by atoms with Crippen LogP contribution in [0.5, 0.6) is 0 Å². The summed E-state index contributed by atoms with van der Waals surface area (Å²) < 4.78 is 7.06. The maximum absolute atomic E-state index is 13.8. The van der Waals surface area contributed by atoms with Crippen LogP contribution in [-0.4, -0.2) is 29.0 Å². The third-order valence-corrected chi connectivity index (χ3v) is 7.66. The molecule has 0 unspecified atom stereocenters. The molecule has 0 radical (unpaired) electrons. The zero-order valence-electron chi connectivity index (χ0n) is 17.4. The number of carbonyl (C=O) groups excluding carboxylic acids is 4. The molecule has 0 N–H and O–H groups in total. The van der Waals surface area contributed by atoms with Gasteiger partial charge >= 0.3 is 0 Å². The fourth-order valence-corrected chi connectivity index (χ4v) is 5.83. The first-order valence-electron chi connectivity index (χ1n) is 10.6. The summed E-state index contributed by atoms with van der Waals surface area (Å²) in [5, 5.41) is 0.215. The fraction of sp³-hybridized carbons (Fsp3) is 0.154. The summed E-state index contributed by atoms with van der Waals surface area (Å²) in [6.07, 6.45) is -0.968. The minimum absolute atomic E-state index is 0.194. The van der Waals surface area contributed by atoms with Crippen LogP contribution in [0.3, 0.4) is 0 Å². The first-order valence-corrected chi connectivity index (χ1v) is 11.8. The van der Waals surface area contributed by atoms with Gasteiger partial charge < -0.3 is 4.74 Å². The molecule has 0 aromatic heterocycles. The highest BCUT2D eigenvalue weighted by Gasteiger charge is 2.74. The van der Waals surface area contributed by atoms with Gasteiger partial charge in [-0.3, -0.25) is 19.2 Å². The van der Waals surface area contributed by atoms with Gasteiger partial charge in [-0.15, -0.1) is 0 Å². The maximum atomic E-state index is 13.8. The molecule has 6 rings (SSSR count). The molecule has 3 aromatic carbocycles. The Balaban J connectivity index is 1.56. The van der Waals surface area contributed by atoms with Gasteiger partial charge in [0.1, 0.15) is 0 Å². The molecule has 2 amide bonds. The minimum Gasteiger partial charge on any atom is -0.349 e. The maximum Gasteiger partial charge on any atom is 0.241 e. The van der Waals surface area contributed by atoms with Gasteiger partial charge in [-0.25, -0.2) is 4.90 Å². The number of benzene rings is 3.